The maximum atomic E-state index is 12.2. The Bertz CT molecular complexity index is 348. The first-order valence-corrected chi connectivity index (χ1v) is 6.76. The number of amides is 2. The summed E-state index contributed by atoms with van der Waals surface area (Å²) in [6, 6.07) is 0. The first kappa shape index (κ1) is 13.3. The summed E-state index contributed by atoms with van der Waals surface area (Å²) < 4.78 is 0. The Labute approximate surface area is 108 Å². The molecular weight excluding hydrogens is 232 g/mol. The third-order valence-corrected chi connectivity index (χ3v) is 4.30. The van der Waals surface area contributed by atoms with Gasteiger partial charge < -0.3 is 5.73 Å². The van der Waals surface area contributed by atoms with Gasteiger partial charge in [-0.3, -0.25) is 14.4 Å². The zero-order valence-electron chi connectivity index (χ0n) is 11.1. The van der Waals surface area contributed by atoms with Gasteiger partial charge in [0.1, 0.15) is 0 Å². The van der Waals surface area contributed by atoms with Gasteiger partial charge in [0.05, 0.1) is 12.0 Å². The smallest absolute Gasteiger partial charge is 0.254 e. The summed E-state index contributed by atoms with van der Waals surface area (Å²) in [4.78, 5) is 28.6. The molecule has 2 fully saturated rings. The Kier molecular flexibility index (Phi) is 3.61. The maximum Gasteiger partial charge on any atom is 0.254 e. The highest BCUT2D eigenvalue weighted by Crippen LogP contribution is 2.46. The molecule has 0 aromatic rings. The summed E-state index contributed by atoms with van der Waals surface area (Å²) in [6.45, 7) is 4.66. The topological polar surface area (TPSA) is 72.6 Å². The zero-order valence-corrected chi connectivity index (χ0v) is 11.1. The first-order valence-electron chi connectivity index (χ1n) is 6.76. The molecule has 18 heavy (non-hydrogen) atoms. The summed E-state index contributed by atoms with van der Waals surface area (Å²) in [7, 11) is 0. The molecule has 0 radical (unpaired) electrons. The van der Waals surface area contributed by atoms with Crippen LogP contribution in [-0.2, 0) is 14.4 Å². The largest absolute Gasteiger partial charge is 0.367 e. The van der Waals surface area contributed by atoms with E-state index in [-0.39, 0.29) is 11.3 Å². The van der Waals surface area contributed by atoms with Crippen molar-refractivity contribution in [3.05, 3.63) is 0 Å². The third kappa shape index (κ3) is 2.23. The van der Waals surface area contributed by atoms with Crippen LogP contribution in [0.2, 0.25) is 0 Å². The lowest BCUT2D eigenvalue weighted by Crippen LogP contribution is -2.63. The van der Waals surface area contributed by atoms with E-state index in [9.17, 15) is 9.59 Å². The highest BCUT2D eigenvalue weighted by Gasteiger charge is 2.54. The second kappa shape index (κ2) is 4.88. The molecule has 0 aromatic carbocycles. The van der Waals surface area contributed by atoms with E-state index in [1.165, 1.54) is 5.06 Å². The SMILES string of the molecule is CCC(ON1CC2(CCC(C)CC2)C1=O)C(N)=O. The molecule has 102 valence electrons. The molecule has 1 aliphatic heterocycles. The van der Waals surface area contributed by atoms with E-state index in [1.807, 2.05) is 6.92 Å². The summed E-state index contributed by atoms with van der Waals surface area (Å²) in [6.07, 6.45) is 3.90. The number of nitrogens with zero attached hydrogens (tertiary/aromatic N) is 1. The average Bonchev–Trinajstić information content (AvgIpc) is 2.35. The number of β-lactam (4-membered cyclic amide) rings is 1. The normalized spacial score (nSPS) is 33.3. The number of nitrogens with two attached hydrogens (primary N) is 1. The molecule has 5 nitrogen and oxygen atoms in total. The average molecular weight is 254 g/mol. The van der Waals surface area contributed by atoms with Crippen molar-refractivity contribution in [2.24, 2.45) is 17.1 Å². The number of hydroxylamine groups is 2. The van der Waals surface area contributed by atoms with E-state index in [2.05, 4.69) is 6.92 Å². The zero-order chi connectivity index (χ0) is 13.3. The Morgan fingerprint density at radius 3 is 2.61 bits per heavy atom. The van der Waals surface area contributed by atoms with Crippen LogP contribution in [0, 0.1) is 11.3 Å². The van der Waals surface area contributed by atoms with Gasteiger partial charge in [0.2, 0.25) is 5.91 Å². The summed E-state index contributed by atoms with van der Waals surface area (Å²) in [5.41, 5.74) is 5.00. The lowest BCUT2D eigenvalue weighted by molar-refractivity contribution is -0.257. The molecule has 1 atom stereocenters. The molecule has 1 spiro atoms. The van der Waals surface area contributed by atoms with Crippen LogP contribution in [0.3, 0.4) is 0 Å². The molecular formula is C13H22N2O3. The van der Waals surface area contributed by atoms with Crippen molar-refractivity contribution < 1.29 is 14.4 Å². The molecule has 0 bridgehead atoms. The van der Waals surface area contributed by atoms with Crippen LogP contribution in [0.1, 0.15) is 46.0 Å². The lowest BCUT2D eigenvalue weighted by atomic mass is 9.66. The lowest BCUT2D eigenvalue weighted by Gasteiger charge is -2.50. The first-order chi connectivity index (χ1) is 8.48. The molecule has 2 N–H and O–H groups in total. The number of rotatable bonds is 4. The van der Waals surface area contributed by atoms with Crippen molar-refractivity contribution in [1.82, 2.24) is 5.06 Å². The Morgan fingerprint density at radius 1 is 1.56 bits per heavy atom. The van der Waals surface area contributed by atoms with E-state index in [0.29, 0.717) is 18.9 Å². The number of hydrogen-bond acceptors (Lipinski definition) is 3. The van der Waals surface area contributed by atoms with Gasteiger partial charge >= 0.3 is 0 Å². The second-order valence-electron chi connectivity index (χ2n) is 5.71. The summed E-state index contributed by atoms with van der Waals surface area (Å²) in [5, 5.41) is 1.33. The number of hydrogen-bond donors (Lipinski definition) is 1. The van der Waals surface area contributed by atoms with Gasteiger partial charge in [-0.1, -0.05) is 13.8 Å². The van der Waals surface area contributed by atoms with Crippen LogP contribution in [0.25, 0.3) is 0 Å². The fourth-order valence-electron chi connectivity index (χ4n) is 2.84. The fraction of sp³-hybridized carbons (Fsp3) is 0.846. The van der Waals surface area contributed by atoms with Crippen LogP contribution in [0.5, 0.6) is 0 Å². The second-order valence-corrected chi connectivity index (χ2v) is 5.71. The molecule has 1 saturated carbocycles. The highest BCUT2D eigenvalue weighted by atomic mass is 16.7. The van der Waals surface area contributed by atoms with Gasteiger partial charge in [0, 0.05) is 0 Å². The third-order valence-electron chi connectivity index (χ3n) is 4.30. The van der Waals surface area contributed by atoms with Gasteiger partial charge in [0.25, 0.3) is 5.91 Å². The molecule has 2 rings (SSSR count). The van der Waals surface area contributed by atoms with E-state index in [4.69, 9.17) is 10.6 Å². The minimum atomic E-state index is -0.686. The van der Waals surface area contributed by atoms with Gasteiger partial charge in [-0.2, -0.15) is 0 Å². The Morgan fingerprint density at radius 2 is 2.17 bits per heavy atom. The predicted molar refractivity (Wildman–Crippen MR) is 66.1 cm³/mol. The van der Waals surface area contributed by atoms with E-state index < -0.39 is 12.0 Å². The maximum absolute atomic E-state index is 12.2. The minimum absolute atomic E-state index is 0.0362. The summed E-state index contributed by atoms with van der Waals surface area (Å²) >= 11 is 0. The van der Waals surface area contributed by atoms with Crippen molar-refractivity contribution in [1.29, 1.82) is 0 Å². The highest BCUT2D eigenvalue weighted by molar-refractivity contribution is 5.88. The molecule has 1 aliphatic carbocycles. The molecule has 1 unspecified atom stereocenters. The van der Waals surface area contributed by atoms with Gasteiger partial charge in [-0.25, -0.2) is 5.06 Å². The van der Waals surface area contributed by atoms with Crippen LogP contribution >= 0.6 is 0 Å². The van der Waals surface area contributed by atoms with Gasteiger partial charge in [-0.05, 0) is 38.0 Å². The quantitative estimate of drug-likeness (QED) is 0.767. The molecule has 2 amide bonds. The Hall–Kier alpha value is -1.10. The van der Waals surface area contributed by atoms with Crippen molar-refractivity contribution in [3.8, 4) is 0 Å². The standard InChI is InChI=1S/C13H22N2O3/c1-3-10(11(14)16)18-15-8-13(12(15)17)6-4-9(2)5-7-13/h9-10H,3-8H2,1-2H3,(H2,14,16). The van der Waals surface area contributed by atoms with Crippen LogP contribution in [-0.4, -0.2) is 29.5 Å². The van der Waals surface area contributed by atoms with Gasteiger partial charge in [0.15, 0.2) is 6.10 Å². The van der Waals surface area contributed by atoms with Gasteiger partial charge in [-0.15, -0.1) is 0 Å². The molecule has 0 aromatic heterocycles. The fourth-order valence-corrected chi connectivity index (χ4v) is 2.84. The number of carbonyl (C=O) groups excluding carboxylic acids is 2. The molecule has 2 aliphatic rings. The van der Waals surface area contributed by atoms with Crippen molar-refractivity contribution in [2.45, 2.75) is 52.1 Å². The van der Waals surface area contributed by atoms with Crippen LogP contribution < -0.4 is 5.73 Å². The minimum Gasteiger partial charge on any atom is -0.367 e. The molecule has 1 heterocycles. The molecule has 5 heteroatoms. The van der Waals surface area contributed by atoms with Crippen molar-refractivity contribution in [3.63, 3.8) is 0 Å². The van der Waals surface area contributed by atoms with Crippen LogP contribution in [0.4, 0.5) is 0 Å². The van der Waals surface area contributed by atoms with Crippen LogP contribution in [0.15, 0.2) is 0 Å². The monoisotopic (exact) mass is 254 g/mol. The Balaban J connectivity index is 1.90. The summed E-state index contributed by atoms with van der Waals surface area (Å²) in [5.74, 6) is 0.241. The van der Waals surface area contributed by atoms with Crippen molar-refractivity contribution >= 4 is 11.8 Å². The predicted octanol–water partition coefficient (Wildman–Crippen LogP) is 1.22. The molecule has 1 saturated heterocycles. The van der Waals surface area contributed by atoms with E-state index in [0.717, 1.165) is 25.7 Å². The van der Waals surface area contributed by atoms with Crippen molar-refractivity contribution in [2.75, 3.05) is 6.54 Å². The van der Waals surface area contributed by atoms with E-state index in [1.54, 1.807) is 0 Å². The van der Waals surface area contributed by atoms with E-state index >= 15 is 0 Å². The number of primary amides is 1. The number of carbonyl (C=O) groups is 2.